The molecule has 1 aliphatic heterocycles. The van der Waals surface area contributed by atoms with Crippen molar-refractivity contribution >= 4 is 28.6 Å². The van der Waals surface area contributed by atoms with Crippen LogP contribution in [-0.2, 0) is 4.79 Å². The minimum Gasteiger partial charge on any atom is -0.494 e. The van der Waals surface area contributed by atoms with Crippen LogP contribution in [-0.4, -0.2) is 23.7 Å². The lowest BCUT2D eigenvalue weighted by Gasteiger charge is -2.21. The molecule has 0 spiro atoms. The number of rotatable bonds is 7. The number of hydrogen-bond donors (Lipinski definition) is 1. The number of fused-ring (bicyclic) bond motifs is 1. The molecule has 3 aromatic rings. The fraction of sp³-hybridized carbons (Fsp3) is 0.333. The summed E-state index contributed by atoms with van der Waals surface area (Å²) >= 11 is 1.62. The van der Waals surface area contributed by atoms with Gasteiger partial charge in [-0.2, -0.15) is 0 Å². The van der Waals surface area contributed by atoms with E-state index in [4.69, 9.17) is 14.5 Å². The van der Waals surface area contributed by atoms with Crippen LogP contribution in [0.25, 0.3) is 11.3 Å². The highest BCUT2D eigenvalue weighted by Crippen LogP contribution is 2.34. The summed E-state index contributed by atoms with van der Waals surface area (Å²) in [4.78, 5) is 17.6. The van der Waals surface area contributed by atoms with E-state index in [-0.39, 0.29) is 12.5 Å². The fourth-order valence-electron chi connectivity index (χ4n) is 3.76. The zero-order chi connectivity index (χ0) is 21.8. The molecule has 7 heteroatoms. The van der Waals surface area contributed by atoms with Crippen molar-refractivity contribution in [2.24, 2.45) is 4.99 Å². The van der Waals surface area contributed by atoms with Gasteiger partial charge in [-0.3, -0.25) is 4.79 Å². The van der Waals surface area contributed by atoms with Gasteiger partial charge in [-0.15, -0.1) is 11.3 Å². The minimum absolute atomic E-state index is 0.0592. The largest absolute Gasteiger partial charge is 0.494 e. The van der Waals surface area contributed by atoms with Crippen molar-refractivity contribution in [1.82, 2.24) is 4.57 Å². The standard InChI is InChI=1S/C24H27N3O3S/c1-4-18(5-2)27-21(16-7-12-22-20(13-16)26-23(28)14-30-22)15-31-24(27)25-17-8-10-19(11-9-17)29-6-3/h7-13,15,18H,4-6,14H2,1-3H3,(H,26,28). The van der Waals surface area contributed by atoms with E-state index in [1.165, 1.54) is 0 Å². The molecule has 4 rings (SSSR count). The summed E-state index contributed by atoms with van der Waals surface area (Å²) in [7, 11) is 0. The Balaban J connectivity index is 1.78. The van der Waals surface area contributed by atoms with Gasteiger partial charge in [0, 0.05) is 17.0 Å². The molecule has 0 unspecified atom stereocenters. The molecule has 1 amide bonds. The van der Waals surface area contributed by atoms with Gasteiger partial charge < -0.3 is 19.4 Å². The number of aromatic nitrogens is 1. The maximum atomic E-state index is 11.8. The third-order valence-corrected chi connectivity index (χ3v) is 6.17. The Bertz CT molecular complexity index is 1130. The number of thiazole rings is 1. The van der Waals surface area contributed by atoms with E-state index in [2.05, 4.69) is 29.1 Å². The first kappa shape index (κ1) is 21.2. The highest BCUT2D eigenvalue weighted by atomic mass is 32.1. The summed E-state index contributed by atoms with van der Waals surface area (Å²) in [6.45, 7) is 7.08. The Morgan fingerprint density at radius 1 is 1.16 bits per heavy atom. The highest BCUT2D eigenvalue weighted by Gasteiger charge is 2.19. The van der Waals surface area contributed by atoms with Crippen LogP contribution in [0.1, 0.15) is 39.7 Å². The summed E-state index contributed by atoms with van der Waals surface area (Å²) in [5.74, 6) is 1.42. The van der Waals surface area contributed by atoms with Gasteiger partial charge in [0.2, 0.25) is 0 Å². The van der Waals surface area contributed by atoms with Crippen molar-refractivity contribution in [3.05, 3.63) is 52.6 Å². The van der Waals surface area contributed by atoms with Gasteiger partial charge in [-0.25, -0.2) is 4.99 Å². The predicted octanol–water partition coefficient (Wildman–Crippen LogP) is 5.54. The van der Waals surface area contributed by atoms with E-state index in [1.54, 1.807) is 11.3 Å². The number of carbonyl (C=O) groups excluding carboxylic acids is 1. The number of ether oxygens (including phenoxy) is 2. The Morgan fingerprint density at radius 3 is 2.65 bits per heavy atom. The summed E-state index contributed by atoms with van der Waals surface area (Å²) < 4.78 is 13.4. The normalized spacial score (nSPS) is 13.7. The van der Waals surface area contributed by atoms with Crippen LogP contribution in [0, 0.1) is 0 Å². The minimum atomic E-state index is -0.131. The molecule has 0 radical (unpaired) electrons. The van der Waals surface area contributed by atoms with Crippen LogP contribution >= 0.6 is 11.3 Å². The predicted molar refractivity (Wildman–Crippen MR) is 124 cm³/mol. The second-order valence-electron chi connectivity index (χ2n) is 7.33. The molecular weight excluding hydrogens is 410 g/mol. The molecule has 0 saturated carbocycles. The van der Waals surface area contributed by atoms with Gasteiger partial charge >= 0.3 is 0 Å². The number of carbonyl (C=O) groups is 1. The van der Waals surface area contributed by atoms with Crippen molar-refractivity contribution in [3.8, 4) is 22.8 Å². The van der Waals surface area contributed by atoms with Crippen LogP contribution in [0.3, 0.4) is 0 Å². The van der Waals surface area contributed by atoms with Crippen LogP contribution in [0.4, 0.5) is 11.4 Å². The smallest absolute Gasteiger partial charge is 0.262 e. The van der Waals surface area contributed by atoms with Crippen LogP contribution in [0.2, 0.25) is 0 Å². The Kier molecular flexibility index (Phi) is 6.42. The van der Waals surface area contributed by atoms with Crippen molar-refractivity contribution < 1.29 is 14.3 Å². The van der Waals surface area contributed by atoms with Crippen molar-refractivity contribution in [3.63, 3.8) is 0 Å². The second kappa shape index (κ2) is 9.39. The lowest BCUT2D eigenvalue weighted by Crippen LogP contribution is -2.25. The molecule has 1 aliphatic rings. The second-order valence-corrected chi connectivity index (χ2v) is 8.17. The molecule has 0 atom stereocenters. The first-order valence-corrected chi connectivity index (χ1v) is 11.6. The summed E-state index contributed by atoms with van der Waals surface area (Å²) in [5.41, 5.74) is 3.72. The van der Waals surface area contributed by atoms with E-state index in [0.717, 1.165) is 40.3 Å². The van der Waals surface area contributed by atoms with E-state index in [1.807, 2.05) is 49.4 Å². The number of nitrogens with one attached hydrogen (secondary N) is 1. The number of nitrogens with zero attached hydrogens (tertiary/aromatic N) is 2. The van der Waals surface area contributed by atoms with Gasteiger partial charge in [-0.1, -0.05) is 13.8 Å². The van der Waals surface area contributed by atoms with Crippen molar-refractivity contribution in [2.75, 3.05) is 18.5 Å². The molecule has 162 valence electrons. The average molecular weight is 438 g/mol. The first-order valence-electron chi connectivity index (χ1n) is 10.7. The zero-order valence-electron chi connectivity index (χ0n) is 18.1. The van der Waals surface area contributed by atoms with E-state index >= 15 is 0 Å². The molecule has 0 aliphatic carbocycles. The molecule has 0 bridgehead atoms. The molecule has 0 saturated heterocycles. The maximum Gasteiger partial charge on any atom is 0.262 e. The van der Waals surface area contributed by atoms with E-state index in [9.17, 15) is 4.79 Å². The highest BCUT2D eigenvalue weighted by molar-refractivity contribution is 7.07. The zero-order valence-corrected chi connectivity index (χ0v) is 18.9. The number of hydrogen-bond acceptors (Lipinski definition) is 5. The van der Waals surface area contributed by atoms with E-state index < -0.39 is 0 Å². The van der Waals surface area contributed by atoms with Crippen LogP contribution in [0.15, 0.2) is 52.8 Å². The molecule has 0 fully saturated rings. The monoisotopic (exact) mass is 437 g/mol. The van der Waals surface area contributed by atoms with Gasteiger partial charge in [0.15, 0.2) is 11.4 Å². The van der Waals surface area contributed by atoms with Crippen LogP contribution < -0.4 is 19.6 Å². The topological polar surface area (TPSA) is 64.8 Å². The molecule has 2 heterocycles. The molecular formula is C24H27N3O3S. The van der Waals surface area contributed by atoms with Gasteiger partial charge in [0.05, 0.1) is 23.7 Å². The average Bonchev–Trinajstić information content (AvgIpc) is 3.19. The number of amides is 1. The maximum absolute atomic E-state index is 11.8. The quantitative estimate of drug-likeness (QED) is 0.528. The SMILES string of the molecule is CCOc1ccc(N=c2scc(-c3ccc4c(c3)NC(=O)CO4)n2C(CC)CC)cc1. The summed E-state index contributed by atoms with van der Waals surface area (Å²) in [5, 5.41) is 5.04. The molecule has 2 aromatic carbocycles. The van der Waals surface area contributed by atoms with Gasteiger partial charge in [0.25, 0.3) is 5.91 Å². The Labute approximate surface area is 186 Å². The molecule has 31 heavy (non-hydrogen) atoms. The molecule has 1 aromatic heterocycles. The first-order chi connectivity index (χ1) is 15.1. The summed E-state index contributed by atoms with van der Waals surface area (Å²) in [6, 6.07) is 14.1. The lowest BCUT2D eigenvalue weighted by molar-refractivity contribution is -0.118. The van der Waals surface area contributed by atoms with Crippen molar-refractivity contribution in [1.29, 1.82) is 0 Å². The van der Waals surface area contributed by atoms with E-state index in [0.29, 0.717) is 24.1 Å². The number of benzene rings is 2. The Hall–Kier alpha value is -3.06. The molecule has 1 N–H and O–H groups in total. The fourth-order valence-corrected chi connectivity index (χ4v) is 4.74. The van der Waals surface area contributed by atoms with Gasteiger partial charge in [0.1, 0.15) is 11.5 Å². The summed E-state index contributed by atoms with van der Waals surface area (Å²) in [6.07, 6.45) is 2.00. The van der Waals surface area contributed by atoms with Crippen LogP contribution in [0.5, 0.6) is 11.5 Å². The van der Waals surface area contributed by atoms with Crippen molar-refractivity contribution in [2.45, 2.75) is 39.7 Å². The lowest BCUT2D eigenvalue weighted by atomic mass is 10.1. The third-order valence-electron chi connectivity index (χ3n) is 5.33. The molecule has 6 nitrogen and oxygen atoms in total. The number of anilines is 1. The Morgan fingerprint density at radius 2 is 1.94 bits per heavy atom. The third kappa shape index (κ3) is 4.51. The van der Waals surface area contributed by atoms with Gasteiger partial charge in [-0.05, 0) is 62.2 Å².